The molecular formula is C27H29ClN2O4S. The molecule has 184 valence electrons. The summed E-state index contributed by atoms with van der Waals surface area (Å²) in [6.45, 7) is 3.79. The van der Waals surface area contributed by atoms with Crippen LogP contribution in [0.3, 0.4) is 0 Å². The largest absolute Gasteiger partial charge is 0.487 e. The molecule has 0 aromatic heterocycles. The molecule has 0 spiro atoms. The molecule has 0 aliphatic carbocycles. The molecule has 0 saturated carbocycles. The van der Waals surface area contributed by atoms with E-state index in [4.69, 9.17) is 16.3 Å². The van der Waals surface area contributed by atoms with Gasteiger partial charge < -0.3 is 10.1 Å². The van der Waals surface area contributed by atoms with E-state index in [9.17, 15) is 13.2 Å². The van der Waals surface area contributed by atoms with Crippen LogP contribution in [0.2, 0.25) is 5.02 Å². The van der Waals surface area contributed by atoms with Crippen LogP contribution in [-0.4, -0.2) is 26.5 Å². The standard InChI is InChI=1S/C27H29ClN2O4S/c1-3-27(4-2)18-24(23-12-8-9-13-25(23)34-27)29-26(31)19-30(21-10-6-5-7-11-21)35(32,33)22-16-14-20(28)15-17-22/h5-17,24H,3-4,18-19H2,1-2H3,(H,29,31)/t24-/m0/s1. The van der Waals surface area contributed by atoms with E-state index in [0.29, 0.717) is 17.1 Å². The molecule has 1 atom stereocenters. The number of hydrogen-bond donors (Lipinski definition) is 1. The number of nitrogens with one attached hydrogen (secondary N) is 1. The number of amides is 1. The Labute approximate surface area is 211 Å². The number of para-hydroxylation sites is 2. The summed E-state index contributed by atoms with van der Waals surface area (Å²) in [5.74, 6) is 0.357. The fourth-order valence-electron chi connectivity index (χ4n) is 4.44. The average molecular weight is 513 g/mol. The van der Waals surface area contributed by atoms with Gasteiger partial charge in [-0.25, -0.2) is 8.42 Å². The zero-order valence-electron chi connectivity index (χ0n) is 19.8. The van der Waals surface area contributed by atoms with Gasteiger partial charge in [0.05, 0.1) is 16.6 Å². The predicted octanol–water partition coefficient (Wildman–Crippen LogP) is 5.73. The van der Waals surface area contributed by atoms with Crippen LogP contribution in [0.5, 0.6) is 5.75 Å². The summed E-state index contributed by atoms with van der Waals surface area (Å²) in [4.78, 5) is 13.4. The number of hydrogen-bond acceptors (Lipinski definition) is 4. The van der Waals surface area contributed by atoms with Crippen molar-refractivity contribution in [2.24, 2.45) is 0 Å². The molecule has 3 aromatic carbocycles. The number of sulfonamides is 1. The monoisotopic (exact) mass is 512 g/mol. The van der Waals surface area contributed by atoms with Crippen LogP contribution in [0, 0.1) is 0 Å². The van der Waals surface area contributed by atoms with Gasteiger partial charge in [-0.05, 0) is 55.3 Å². The molecule has 0 unspecified atom stereocenters. The molecule has 0 saturated heterocycles. The number of fused-ring (bicyclic) bond motifs is 1. The number of nitrogens with zero attached hydrogens (tertiary/aromatic N) is 1. The number of anilines is 1. The van der Waals surface area contributed by atoms with Gasteiger partial charge in [-0.2, -0.15) is 0 Å². The lowest BCUT2D eigenvalue weighted by atomic mass is 9.83. The molecule has 1 aliphatic rings. The Morgan fingerprint density at radius 3 is 2.29 bits per heavy atom. The smallest absolute Gasteiger partial charge is 0.264 e. The first kappa shape index (κ1) is 25.1. The van der Waals surface area contributed by atoms with Crippen LogP contribution < -0.4 is 14.4 Å². The third-order valence-corrected chi connectivity index (χ3v) is 8.59. The molecule has 1 aliphatic heterocycles. The second kappa shape index (κ2) is 10.3. The minimum atomic E-state index is -4.01. The van der Waals surface area contributed by atoms with Gasteiger partial charge in [-0.15, -0.1) is 0 Å². The SMILES string of the molecule is CCC1(CC)C[C@H](NC(=O)CN(c2ccccc2)S(=O)(=O)c2ccc(Cl)cc2)c2ccccc2O1. The van der Waals surface area contributed by atoms with E-state index in [-0.39, 0.29) is 23.1 Å². The molecule has 1 heterocycles. The van der Waals surface area contributed by atoms with E-state index in [1.54, 1.807) is 30.3 Å². The Balaban J connectivity index is 1.63. The highest BCUT2D eigenvalue weighted by Gasteiger charge is 2.39. The van der Waals surface area contributed by atoms with E-state index < -0.39 is 15.9 Å². The normalized spacial score (nSPS) is 16.6. The van der Waals surface area contributed by atoms with Crippen LogP contribution in [0.4, 0.5) is 5.69 Å². The number of ether oxygens (including phenoxy) is 1. The van der Waals surface area contributed by atoms with Crippen molar-refractivity contribution < 1.29 is 17.9 Å². The zero-order chi connectivity index (χ0) is 25.1. The van der Waals surface area contributed by atoms with Gasteiger partial charge in [-0.1, -0.05) is 61.8 Å². The fourth-order valence-corrected chi connectivity index (χ4v) is 5.99. The van der Waals surface area contributed by atoms with Crippen LogP contribution in [-0.2, 0) is 14.8 Å². The Hall–Kier alpha value is -3.03. The maximum absolute atomic E-state index is 13.5. The highest BCUT2D eigenvalue weighted by atomic mass is 35.5. The summed E-state index contributed by atoms with van der Waals surface area (Å²) in [6.07, 6.45) is 2.20. The summed E-state index contributed by atoms with van der Waals surface area (Å²) >= 11 is 5.96. The van der Waals surface area contributed by atoms with Crippen molar-refractivity contribution in [1.29, 1.82) is 0 Å². The van der Waals surface area contributed by atoms with E-state index in [2.05, 4.69) is 19.2 Å². The molecule has 1 N–H and O–H groups in total. The number of carbonyl (C=O) groups is 1. The van der Waals surface area contributed by atoms with Gasteiger partial charge in [0.1, 0.15) is 17.9 Å². The molecule has 0 fully saturated rings. The quantitative estimate of drug-likeness (QED) is 0.418. The van der Waals surface area contributed by atoms with Crippen LogP contribution in [0.1, 0.15) is 44.7 Å². The van der Waals surface area contributed by atoms with E-state index in [0.717, 1.165) is 28.5 Å². The highest BCUT2D eigenvalue weighted by Crippen LogP contribution is 2.42. The maximum atomic E-state index is 13.5. The minimum absolute atomic E-state index is 0.0611. The topological polar surface area (TPSA) is 75.7 Å². The molecule has 0 radical (unpaired) electrons. The summed E-state index contributed by atoms with van der Waals surface area (Å²) in [5.41, 5.74) is 0.910. The Morgan fingerprint density at radius 1 is 1.00 bits per heavy atom. The lowest BCUT2D eigenvalue weighted by Crippen LogP contribution is -2.47. The van der Waals surface area contributed by atoms with Gasteiger partial charge in [0, 0.05) is 17.0 Å². The third-order valence-electron chi connectivity index (χ3n) is 6.55. The van der Waals surface area contributed by atoms with Crippen molar-refractivity contribution in [2.45, 2.75) is 49.6 Å². The number of rotatable bonds is 8. The molecule has 8 heteroatoms. The maximum Gasteiger partial charge on any atom is 0.264 e. The first-order valence-corrected chi connectivity index (χ1v) is 13.5. The summed E-state index contributed by atoms with van der Waals surface area (Å²) in [6, 6.07) is 21.9. The van der Waals surface area contributed by atoms with Crippen molar-refractivity contribution in [3.63, 3.8) is 0 Å². The van der Waals surface area contributed by atoms with E-state index in [1.807, 2.05) is 24.3 Å². The third kappa shape index (κ3) is 5.31. The van der Waals surface area contributed by atoms with Crippen LogP contribution >= 0.6 is 11.6 Å². The molecule has 0 bridgehead atoms. The van der Waals surface area contributed by atoms with Crippen molar-refractivity contribution in [3.8, 4) is 5.75 Å². The molecule has 3 aromatic rings. The average Bonchev–Trinajstić information content (AvgIpc) is 2.87. The van der Waals surface area contributed by atoms with Crippen LogP contribution in [0.15, 0.2) is 83.8 Å². The Bertz CT molecular complexity index is 1280. The predicted molar refractivity (Wildman–Crippen MR) is 138 cm³/mol. The van der Waals surface area contributed by atoms with Crippen molar-refractivity contribution in [2.75, 3.05) is 10.8 Å². The zero-order valence-corrected chi connectivity index (χ0v) is 21.4. The first-order valence-electron chi connectivity index (χ1n) is 11.7. The summed E-state index contributed by atoms with van der Waals surface area (Å²) < 4.78 is 34.6. The van der Waals surface area contributed by atoms with Gasteiger partial charge in [0.25, 0.3) is 10.0 Å². The second-order valence-corrected chi connectivity index (χ2v) is 11.0. The van der Waals surface area contributed by atoms with Crippen molar-refractivity contribution >= 4 is 33.2 Å². The lowest BCUT2D eigenvalue weighted by molar-refractivity contribution is -0.121. The van der Waals surface area contributed by atoms with Gasteiger partial charge in [0.15, 0.2) is 0 Å². The van der Waals surface area contributed by atoms with Crippen molar-refractivity contribution in [3.05, 3.63) is 89.4 Å². The molecule has 6 nitrogen and oxygen atoms in total. The number of benzene rings is 3. The van der Waals surface area contributed by atoms with E-state index in [1.165, 1.54) is 24.3 Å². The molecule has 4 rings (SSSR count). The molecule has 35 heavy (non-hydrogen) atoms. The van der Waals surface area contributed by atoms with Gasteiger partial charge >= 0.3 is 0 Å². The van der Waals surface area contributed by atoms with Crippen LogP contribution in [0.25, 0.3) is 0 Å². The second-order valence-electron chi connectivity index (χ2n) is 8.66. The van der Waals surface area contributed by atoms with E-state index >= 15 is 0 Å². The van der Waals surface area contributed by atoms with Gasteiger partial charge in [0.2, 0.25) is 5.91 Å². The summed E-state index contributed by atoms with van der Waals surface area (Å²) in [5, 5.41) is 3.52. The molecule has 1 amide bonds. The van der Waals surface area contributed by atoms with Gasteiger partial charge in [-0.3, -0.25) is 9.10 Å². The fraction of sp³-hybridized carbons (Fsp3) is 0.296. The Morgan fingerprint density at radius 2 is 1.63 bits per heavy atom. The lowest BCUT2D eigenvalue weighted by Gasteiger charge is -2.41. The minimum Gasteiger partial charge on any atom is -0.487 e. The molecular weight excluding hydrogens is 484 g/mol. The highest BCUT2D eigenvalue weighted by molar-refractivity contribution is 7.92. The van der Waals surface area contributed by atoms with Crippen molar-refractivity contribution in [1.82, 2.24) is 5.32 Å². The first-order chi connectivity index (χ1) is 16.8. The number of halogens is 1. The Kier molecular flexibility index (Phi) is 7.38. The number of carbonyl (C=O) groups excluding carboxylic acids is 1. The summed E-state index contributed by atoms with van der Waals surface area (Å²) in [7, 11) is -4.01.